The van der Waals surface area contributed by atoms with Crippen LogP contribution in [0.2, 0.25) is 0 Å². The summed E-state index contributed by atoms with van der Waals surface area (Å²) in [5.74, 6) is -0.693. The Labute approximate surface area is 118 Å². The van der Waals surface area contributed by atoms with Gasteiger partial charge in [-0.2, -0.15) is 0 Å². The van der Waals surface area contributed by atoms with E-state index < -0.39 is 39.0 Å². The molecule has 9 heteroatoms. The number of methoxy groups -OCH3 is 1. The second-order valence-electron chi connectivity index (χ2n) is 5.62. The van der Waals surface area contributed by atoms with Crippen LogP contribution in [0.15, 0.2) is 0 Å². The van der Waals surface area contributed by atoms with Gasteiger partial charge >= 0.3 is 12.1 Å². The van der Waals surface area contributed by atoms with E-state index in [2.05, 4.69) is 4.74 Å². The minimum Gasteiger partial charge on any atom is -0.467 e. The van der Waals surface area contributed by atoms with Crippen LogP contribution in [0.3, 0.4) is 0 Å². The number of esters is 1. The molecule has 1 fully saturated rings. The molecule has 0 unspecified atom stereocenters. The molecule has 2 atom stereocenters. The first-order chi connectivity index (χ1) is 8.95. The van der Waals surface area contributed by atoms with Crippen molar-refractivity contribution >= 4 is 22.1 Å². The zero-order chi connectivity index (χ0) is 15.7. The lowest BCUT2D eigenvalue weighted by molar-refractivity contribution is -0.145. The highest BCUT2D eigenvalue weighted by Crippen LogP contribution is 2.25. The highest BCUT2D eigenvalue weighted by molar-refractivity contribution is 7.89. The first-order valence-corrected chi connectivity index (χ1v) is 7.65. The number of nitrogens with two attached hydrogens (primary N) is 1. The van der Waals surface area contributed by atoms with Crippen molar-refractivity contribution in [1.29, 1.82) is 0 Å². The molecule has 0 aliphatic carbocycles. The Hall–Kier alpha value is -1.35. The summed E-state index contributed by atoms with van der Waals surface area (Å²) in [4.78, 5) is 24.7. The zero-order valence-electron chi connectivity index (χ0n) is 12.0. The number of hydrogen-bond donors (Lipinski definition) is 1. The van der Waals surface area contributed by atoms with Crippen molar-refractivity contribution in [2.75, 3.05) is 13.7 Å². The largest absolute Gasteiger partial charge is 0.467 e. The molecule has 1 rings (SSSR count). The summed E-state index contributed by atoms with van der Waals surface area (Å²) < 4.78 is 32.5. The molecule has 0 aromatic rings. The average molecular weight is 308 g/mol. The summed E-state index contributed by atoms with van der Waals surface area (Å²) in [5.41, 5.74) is -0.753. The maximum Gasteiger partial charge on any atom is 0.411 e. The Morgan fingerprint density at radius 2 is 1.85 bits per heavy atom. The number of sulfonamides is 1. The van der Waals surface area contributed by atoms with Crippen LogP contribution >= 0.6 is 0 Å². The number of amides is 1. The molecular weight excluding hydrogens is 288 g/mol. The van der Waals surface area contributed by atoms with E-state index in [0.29, 0.717) is 0 Å². The molecule has 1 saturated heterocycles. The van der Waals surface area contributed by atoms with Crippen LogP contribution in [0, 0.1) is 0 Å². The smallest absolute Gasteiger partial charge is 0.411 e. The van der Waals surface area contributed by atoms with Gasteiger partial charge in [-0.1, -0.05) is 0 Å². The maximum atomic E-state index is 12.0. The minimum absolute atomic E-state index is 0.0925. The number of carbonyl (C=O) groups is 2. The van der Waals surface area contributed by atoms with E-state index in [4.69, 9.17) is 9.88 Å². The Bertz CT molecular complexity index is 496. The molecule has 0 spiro atoms. The maximum absolute atomic E-state index is 12.0. The van der Waals surface area contributed by atoms with Gasteiger partial charge < -0.3 is 9.47 Å². The van der Waals surface area contributed by atoms with E-state index in [1.807, 2.05) is 0 Å². The monoisotopic (exact) mass is 308 g/mol. The predicted molar refractivity (Wildman–Crippen MR) is 70.3 cm³/mol. The minimum atomic E-state index is -3.84. The molecule has 116 valence electrons. The van der Waals surface area contributed by atoms with Crippen LogP contribution in [0.1, 0.15) is 27.2 Å². The highest BCUT2D eigenvalue weighted by Gasteiger charge is 2.45. The van der Waals surface area contributed by atoms with Gasteiger partial charge in [0, 0.05) is 6.54 Å². The van der Waals surface area contributed by atoms with Crippen LogP contribution in [0.4, 0.5) is 4.79 Å². The molecule has 0 radical (unpaired) electrons. The van der Waals surface area contributed by atoms with E-state index in [-0.39, 0.29) is 13.0 Å². The molecule has 1 aliphatic rings. The van der Waals surface area contributed by atoms with Crippen molar-refractivity contribution in [3.63, 3.8) is 0 Å². The number of primary sulfonamides is 1. The topological polar surface area (TPSA) is 116 Å². The lowest BCUT2D eigenvalue weighted by Crippen LogP contribution is -2.44. The lowest BCUT2D eigenvalue weighted by Gasteiger charge is -2.27. The van der Waals surface area contributed by atoms with Gasteiger partial charge in [0.05, 0.1) is 12.4 Å². The number of likely N-dealkylation sites (tertiary alicyclic amines) is 1. The second kappa shape index (κ2) is 5.57. The SMILES string of the molecule is COC(=O)[C@@H]1C[C@H](S(N)(=O)=O)CN1C(=O)OC(C)(C)C. The average Bonchev–Trinajstić information content (AvgIpc) is 2.69. The van der Waals surface area contributed by atoms with E-state index >= 15 is 0 Å². The van der Waals surface area contributed by atoms with Gasteiger partial charge in [0.25, 0.3) is 0 Å². The summed E-state index contributed by atoms with van der Waals surface area (Å²) in [6, 6.07) is -1.00. The molecule has 8 nitrogen and oxygen atoms in total. The summed E-state index contributed by atoms with van der Waals surface area (Å²) >= 11 is 0. The zero-order valence-corrected chi connectivity index (χ0v) is 12.8. The third-order valence-corrected chi connectivity index (χ3v) is 4.10. The quantitative estimate of drug-likeness (QED) is 0.708. The third-order valence-electron chi connectivity index (χ3n) is 2.83. The van der Waals surface area contributed by atoms with Gasteiger partial charge in [0.2, 0.25) is 10.0 Å². The van der Waals surface area contributed by atoms with E-state index in [9.17, 15) is 18.0 Å². The Balaban J connectivity index is 2.96. The predicted octanol–water partition coefficient (Wildman–Crippen LogP) is -0.174. The first-order valence-electron chi connectivity index (χ1n) is 6.05. The molecule has 0 aromatic heterocycles. The summed E-state index contributed by atoms with van der Waals surface area (Å²) in [7, 11) is -2.68. The standard InChI is InChI=1S/C11H20N2O6S/c1-11(2,3)19-10(15)13-6-7(20(12,16)17)5-8(13)9(14)18-4/h7-8H,5-6H2,1-4H3,(H2,12,16,17)/t7-,8-/m0/s1. The van der Waals surface area contributed by atoms with Gasteiger partial charge in [0.1, 0.15) is 11.6 Å². The van der Waals surface area contributed by atoms with Crippen molar-refractivity contribution in [3.05, 3.63) is 0 Å². The molecule has 2 N–H and O–H groups in total. The summed E-state index contributed by atoms with van der Waals surface area (Å²) in [5, 5.41) is 4.07. The van der Waals surface area contributed by atoms with Gasteiger partial charge in [0.15, 0.2) is 0 Å². The fourth-order valence-electron chi connectivity index (χ4n) is 1.92. The highest BCUT2D eigenvalue weighted by atomic mass is 32.2. The molecular formula is C11H20N2O6S. The van der Waals surface area contributed by atoms with Crippen LogP contribution in [-0.2, 0) is 24.3 Å². The molecule has 20 heavy (non-hydrogen) atoms. The van der Waals surface area contributed by atoms with Gasteiger partial charge in [-0.25, -0.2) is 23.1 Å². The van der Waals surface area contributed by atoms with Crippen molar-refractivity contribution in [3.8, 4) is 0 Å². The van der Waals surface area contributed by atoms with Crippen LogP contribution < -0.4 is 5.14 Å². The Morgan fingerprint density at radius 3 is 2.25 bits per heavy atom. The molecule has 1 heterocycles. The normalized spacial score (nSPS) is 23.6. The molecule has 0 bridgehead atoms. The molecule has 0 saturated carbocycles. The summed E-state index contributed by atoms with van der Waals surface area (Å²) in [6.45, 7) is 4.83. The van der Waals surface area contributed by atoms with Crippen LogP contribution in [0.5, 0.6) is 0 Å². The van der Waals surface area contributed by atoms with E-state index in [0.717, 1.165) is 4.90 Å². The number of nitrogens with zero attached hydrogens (tertiary/aromatic N) is 1. The molecule has 1 aliphatic heterocycles. The van der Waals surface area contributed by atoms with Crippen LogP contribution in [0.25, 0.3) is 0 Å². The molecule has 0 aromatic carbocycles. The lowest BCUT2D eigenvalue weighted by atomic mass is 10.2. The van der Waals surface area contributed by atoms with Crippen molar-refractivity contribution in [2.24, 2.45) is 5.14 Å². The fourth-order valence-corrected chi connectivity index (χ4v) is 2.74. The summed E-state index contributed by atoms with van der Waals surface area (Å²) in [6.07, 6.45) is -0.857. The number of ether oxygens (including phenoxy) is 2. The van der Waals surface area contributed by atoms with Crippen LogP contribution in [-0.4, -0.2) is 55.9 Å². The third kappa shape index (κ3) is 4.07. The van der Waals surface area contributed by atoms with E-state index in [1.54, 1.807) is 20.8 Å². The number of rotatable bonds is 2. The van der Waals surface area contributed by atoms with Crippen molar-refractivity contribution in [2.45, 2.75) is 44.1 Å². The van der Waals surface area contributed by atoms with Crippen molar-refractivity contribution < 1.29 is 27.5 Å². The Morgan fingerprint density at radius 1 is 1.30 bits per heavy atom. The fraction of sp³-hybridized carbons (Fsp3) is 0.818. The Kier molecular flexibility index (Phi) is 4.65. The van der Waals surface area contributed by atoms with Gasteiger partial charge in [-0.3, -0.25) is 4.90 Å². The number of carbonyl (C=O) groups excluding carboxylic acids is 2. The van der Waals surface area contributed by atoms with Crippen molar-refractivity contribution in [1.82, 2.24) is 4.90 Å². The first kappa shape index (κ1) is 16.7. The van der Waals surface area contributed by atoms with Gasteiger partial charge in [-0.05, 0) is 27.2 Å². The van der Waals surface area contributed by atoms with E-state index in [1.165, 1.54) is 7.11 Å². The number of hydrogen-bond acceptors (Lipinski definition) is 6. The molecule has 1 amide bonds. The second-order valence-corrected chi connectivity index (χ2v) is 7.46. The van der Waals surface area contributed by atoms with Gasteiger partial charge in [-0.15, -0.1) is 0 Å².